The van der Waals surface area contributed by atoms with Gasteiger partial charge >= 0.3 is 414 Å². The molecule has 0 aromatic carbocycles. The van der Waals surface area contributed by atoms with Crippen molar-refractivity contribution < 1.29 is 514 Å². The van der Waals surface area contributed by atoms with Gasteiger partial charge in [-0.15, -0.1) is 0 Å². The first kappa shape index (κ1) is 116. The molecule has 0 radical (unpaired) electrons. The molecule has 62 heavy (non-hydrogen) atoms. The zero-order valence-corrected chi connectivity index (χ0v) is 72.8. The van der Waals surface area contributed by atoms with Crippen LogP contribution in [-0.2, 0) is 32.0 Å². The van der Waals surface area contributed by atoms with Crippen molar-refractivity contribution in [3.05, 3.63) is 0 Å². The van der Waals surface area contributed by atoms with E-state index in [0.29, 0.717) is 19.6 Å². The Bertz CT molecular complexity index is 1240. The second-order valence-corrected chi connectivity index (χ2v) is 20.9. The van der Waals surface area contributed by atoms with Gasteiger partial charge in [0.15, 0.2) is 0 Å². The van der Waals surface area contributed by atoms with Gasteiger partial charge in [0.05, 0.1) is 0 Å². The van der Waals surface area contributed by atoms with Crippen molar-refractivity contribution in [1.29, 1.82) is 0 Å². The van der Waals surface area contributed by atoms with E-state index in [1.807, 2.05) is 0 Å². The van der Waals surface area contributed by atoms with E-state index in [2.05, 4.69) is 0 Å². The maximum atomic E-state index is 11.5. The van der Waals surface area contributed by atoms with Crippen molar-refractivity contribution in [1.82, 2.24) is 24.5 Å². The van der Waals surface area contributed by atoms with Crippen LogP contribution in [0.2, 0.25) is 0 Å². The molecular formula is C15H30N5Na14O21P7. The molecule has 0 amide bonds. The topological polar surface area (TPSA) is 459 Å². The van der Waals surface area contributed by atoms with Crippen LogP contribution in [0.4, 0.5) is 0 Å². The summed E-state index contributed by atoms with van der Waals surface area (Å²) in [7, 11) is -38.3. The van der Waals surface area contributed by atoms with Gasteiger partial charge in [0.2, 0.25) is 0 Å². The summed E-state index contributed by atoms with van der Waals surface area (Å²) < 4.78 is 78.8. The predicted octanol–water partition coefficient (Wildman–Crippen LogP) is -54.3. The average molecular weight is 1160 g/mol. The Morgan fingerprint density at radius 3 is 0.371 bits per heavy atom. The molecule has 0 fully saturated rings. The monoisotopic (exact) mass is 1150 g/mol. The summed E-state index contributed by atoms with van der Waals surface area (Å²) in [6.07, 6.45) is -10.1. The second kappa shape index (κ2) is 56.3. The van der Waals surface area contributed by atoms with Gasteiger partial charge in [-0.1, -0.05) is 53.2 Å². The van der Waals surface area contributed by atoms with Gasteiger partial charge in [-0.05, 0) is 0 Å². The Labute approximate surface area is 672 Å². The van der Waals surface area contributed by atoms with Crippen LogP contribution in [0.15, 0.2) is 0 Å². The molecule has 0 spiro atoms. The van der Waals surface area contributed by atoms with Crippen LogP contribution in [0.3, 0.4) is 0 Å². The summed E-state index contributed by atoms with van der Waals surface area (Å²) in [4.78, 5) is 160. The van der Waals surface area contributed by atoms with Crippen LogP contribution < -0.4 is 482 Å². The van der Waals surface area contributed by atoms with Crippen molar-refractivity contribution in [2.45, 2.75) is 0 Å². The number of hydrogen-bond donors (Lipinski definition) is 0. The fourth-order valence-corrected chi connectivity index (χ4v) is 9.54. The standard InChI is InChI=1S/C15H44N5O21P7.14Na/c21-42(22,23)9-16(1-3-17(10-43(24,25)26)5-7-19(12-45(30,31)32)13-46(33,34)35)2-4-18(11-44(27,28)29)6-8-20(14-47(36,37)38)15-48(39,40)41;;;;;;;;;;;;;;/h1-15H2,(H2,21,22,23)(H2,24,25,26)(H2,27,28,29)(H2,30,31,32)(H2,33,34,35)(H2,36,37,38)(H2,39,40,41);;;;;;;;;;;;;;/q;14*+1/p-14. The van der Waals surface area contributed by atoms with E-state index in [1.165, 1.54) is 0 Å². The van der Waals surface area contributed by atoms with Gasteiger partial charge in [0.25, 0.3) is 0 Å². The van der Waals surface area contributed by atoms with Gasteiger partial charge in [0, 0.05) is 96.4 Å². The minimum Gasteiger partial charge on any atom is -0.810 e. The summed E-state index contributed by atoms with van der Waals surface area (Å²) in [6.45, 7) is -5.71. The van der Waals surface area contributed by atoms with Gasteiger partial charge < -0.3 is 100 Å². The first-order valence-corrected chi connectivity index (χ1v) is 24.9. The second-order valence-electron chi connectivity index (χ2n) is 10.4. The molecule has 0 rings (SSSR count). The Hall–Kier alpha value is 14.8. The molecule has 0 saturated heterocycles. The first-order valence-electron chi connectivity index (χ1n) is 12.8. The molecule has 0 aliphatic heterocycles. The molecule has 0 aliphatic rings. The molecule has 290 valence electrons. The Morgan fingerprint density at radius 2 is 0.274 bits per heavy atom. The van der Waals surface area contributed by atoms with Crippen LogP contribution in [0.1, 0.15) is 0 Å². The Morgan fingerprint density at radius 1 is 0.194 bits per heavy atom. The van der Waals surface area contributed by atoms with E-state index >= 15 is 0 Å². The molecule has 0 bridgehead atoms. The van der Waals surface area contributed by atoms with Crippen molar-refractivity contribution >= 4 is 53.2 Å². The van der Waals surface area contributed by atoms with Crippen LogP contribution in [-0.4, -0.2) is 121 Å². The molecule has 0 unspecified atom stereocenters. The van der Waals surface area contributed by atoms with E-state index in [1.54, 1.807) is 0 Å². The van der Waals surface area contributed by atoms with Gasteiger partial charge in [-0.25, -0.2) is 0 Å². The summed E-state index contributed by atoms with van der Waals surface area (Å²) in [5, 5.41) is 0. The third-order valence-electron chi connectivity index (χ3n) is 5.54. The minimum atomic E-state index is -5.47. The number of hydrogen-bond acceptors (Lipinski definition) is 26. The Kier molecular flexibility index (Phi) is 105. The SMILES string of the molecule is O=P([O-])([O-])CN(CCN(CCN(CP(=O)([O-])[O-])CP(=O)([O-])[O-])CP(=O)([O-])[O-])CCN(CCN(CP(=O)([O-])[O-])CP(=O)([O-])[O-])CP(=O)([O-])[O-].[Na+].[Na+].[Na+].[Na+].[Na+].[Na+].[Na+].[Na+].[Na+].[Na+].[Na+].[Na+].[Na+].[Na+]. The van der Waals surface area contributed by atoms with Crippen molar-refractivity contribution in [2.24, 2.45) is 0 Å². The van der Waals surface area contributed by atoms with Crippen LogP contribution >= 0.6 is 53.2 Å². The first-order chi connectivity index (χ1) is 21.1. The van der Waals surface area contributed by atoms with Crippen LogP contribution in [0.25, 0.3) is 0 Å². The maximum absolute atomic E-state index is 11.5. The zero-order valence-electron chi connectivity index (χ0n) is 38.5. The minimum absolute atomic E-state index is 0. The molecule has 0 N–H and O–H groups in total. The molecule has 0 aliphatic carbocycles. The molecule has 0 atom stereocenters. The van der Waals surface area contributed by atoms with Crippen LogP contribution in [0, 0.1) is 0 Å². The fraction of sp³-hybridized carbons (Fsp3) is 1.00. The summed E-state index contributed by atoms with van der Waals surface area (Å²) in [6, 6.07) is 0. The number of nitrogens with zero attached hydrogens (tertiary/aromatic N) is 5. The molecule has 0 saturated carbocycles. The van der Waals surface area contributed by atoms with Gasteiger partial charge in [0.1, 0.15) is 0 Å². The molecule has 26 nitrogen and oxygen atoms in total. The Balaban J connectivity index is -0.000000121. The molecule has 0 aromatic rings. The summed E-state index contributed by atoms with van der Waals surface area (Å²) in [5.41, 5.74) is 0. The third kappa shape index (κ3) is 83.7. The van der Waals surface area contributed by atoms with E-state index in [9.17, 15) is 100 Å². The molecule has 47 heteroatoms. The van der Waals surface area contributed by atoms with Crippen molar-refractivity contribution in [3.63, 3.8) is 0 Å². The third-order valence-corrected chi connectivity index (χ3v) is 10.8. The fourth-order valence-electron chi connectivity index (χ4n) is 3.98. The summed E-state index contributed by atoms with van der Waals surface area (Å²) >= 11 is 0. The zero-order chi connectivity index (χ0) is 38.0. The predicted molar refractivity (Wildman–Crippen MR) is 135 cm³/mol. The quantitative estimate of drug-likeness (QED) is 0.0573. The summed E-state index contributed by atoms with van der Waals surface area (Å²) in [5.74, 6) is 0. The molecular weight excluding hydrogens is 1120 g/mol. The van der Waals surface area contributed by atoms with Gasteiger partial charge in [-0.3, -0.25) is 24.5 Å². The normalized spacial score (nSPS) is 11.4. The number of rotatable bonds is 26. The van der Waals surface area contributed by atoms with E-state index < -0.39 is 150 Å². The smallest absolute Gasteiger partial charge is 0.810 e. The molecule has 0 heterocycles. The van der Waals surface area contributed by atoms with E-state index in [-0.39, 0.29) is 414 Å². The van der Waals surface area contributed by atoms with Crippen LogP contribution in [0.5, 0.6) is 0 Å². The van der Waals surface area contributed by atoms with Gasteiger partial charge in [-0.2, -0.15) is 0 Å². The average Bonchev–Trinajstić information content (AvgIpc) is 2.75. The van der Waals surface area contributed by atoms with Crippen molar-refractivity contribution in [3.8, 4) is 0 Å². The maximum Gasteiger partial charge on any atom is 1.00 e. The van der Waals surface area contributed by atoms with Crippen molar-refractivity contribution in [2.75, 3.05) is 96.4 Å². The molecule has 0 aromatic heterocycles. The largest absolute Gasteiger partial charge is 1.00 e. The van der Waals surface area contributed by atoms with E-state index in [4.69, 9.17) is 0 Å². The van der Waals surface area contributed by atoms with E-state index in [0.717, 1.165) is 4.90 Å².